The lowest BCUT2D eigenvalue weighted by molar-refractivity contribution is -0.137. The number of aryl methyl sites for hydroxylation is 1. The zero-order chi connectivity index (χ0) is 38.9. The van der Waals surface area contributed by atoms with Crippen LogP contribution in [-0.4, -0.2) is 106 Å². The quantitative estimate of drug-likeness (QED) is 0.229. The van der Waals surface area contributed by atoms with Gasteiger partial charge >= 0.3 is 12.2 Å². The van der Waals surface area contributed by atoms with Crippen molar-refractivity contribution in [1.82, 2.24) is 34.8 Å². The predicted octanol–water partition coefficient (Wildman–Crippen LogP) is 5.30. The van der Waals surface area contributed by atoms with E-state index in [0.717, 1.165) is 70.0 Å². The minimum atomic E-state index is -4.57. The van der Waals surface area contributed by atoms with Gasteiger partial charge in [-0.3, -0.25) is 29.6 Å². The molecular weight excluding hydrogens is 727 g/mol. The average molecular weight is 766 g/mol. The molecule has 3 aromatic heterocycles. The van der Waals surface area contributed by atoms with Gasteiger partial charge in [0.05, 0.1) is 28.8 Å². The van der Waals surface area contributed by atoms with Crippen LogP contribution in [0.5, 0.6) is 0 Å². The standard InChI is InChI=1S/C40H38F3N9O4/c1-47-33-6-10-44-21-31(33)27-4-2-25(18-34(27)47)30-22-45-35(20-32(30)40(41,42)43)50-16-14-48(15-17-50)23-24-7-11-49(12-8-24)26-3-5-28-29(19-26)38(55)52(37(28)54)51-13-9-36(53)46-39(51)56/h2-6,10,18-22,24H,7-9,11-17,23H2,1H3,(H,46,53,56). The number of carbonyl (C=O) groups is 4. The number of aromatic nitrogens is 3. The Morgan fingerprint density at radius 3 is 2.29 bits per heavy atom. The van der Waals surface area contributed by atoms with E-state index in [4.69, 9.17) is 0 Å². The van der Waals surface area contributed by atoms with Crippen molar-refractivity contribution in [3.63, 3.8) is 0 Å². The number of imide groups is 2. The molecule has 5 amide bonds. The Hall–Kier alpha value is -6.03. The van der Waals surface area contributed by atoms with Gasteiger partial charge in [0.25, 0.3) is 11.8 Å². The summed E-state index contributed by atoms with van der Waals surface area (Å²) in [5, 5.41) is 5.82. The van der Waals surface area contributed by atoms with Gasteiger partial charge in [0.1, 0.15) is 5.82 Å². The number of amides is 5. The third kappa shape index (κ3) is 6.17. The molecule has 16 heteroatoms. The van der Waals surface area contributed by atoms with E-state index >= 15 is 0 Å². The van der Waals surface area contributed by atoms with Crippen molar-refractivity contribution in [1.29, 1.82) is 0 Å². The molecule has 3 saturated heterocycles. The van der Waals surface area contributed by atoms with E-state index in [0.29, 0.717) is 43.5 Å². The molecule has 1 N–H and O–H groups in total. The fourth-order valence-electron chi connectivity index (χ4n) is 8.58. The minimum absolute atomic E-state index is 0.00682. The number of anilines is 2. The normalized spacial score (nSPS) is 18.8. The number of fused-ring (bicyclic) bond motifs is 4. The molecule has 0 spiro atoms. The predicted molar refractivity (Wildman–Crippen MR) is 202 cm³/mol. The molecule has 3 fully saturated rings. The number of hydrogen-bond acceptors (Lipinski definition) is 9. The second-order valence-corrected chi connectivity index (χ2v) is 14.9. The second-order valence-electron chi connectivity index (χ2n) is 14.9. The summed E-state index contributed by atoms with van der Waals surface area (Å²) < 4.78 is 45.7. The number of urea groups is 1. The van der Waals surface area contributed by atoms with Crippen LogP contribution in [0.4, 0.5) is 29.5 Å². The van der Waals surface area contributed by atoms with Crippen LogP contribution in [0.15, 0.2) is 67.1 Å². The van der Waals surface area contributed by atoms with Gasteiger partial charge in [-0.1, -0.05) is 12.1 Å². The Balaban J connectivity index is 0.818. The zero-order valence-corrected chi connectivity index (χ0v) is 30.6. The topological polar surface area (TPSA) is 127 Å². The zero-order valence-electron chi connectivity index (χ0n) is 30.6. The third-order valence-corrected chi connectivity index (χ3v) is 11.6. The number of hydrogen-bond donors (Lipinski definition) is 1. The lowest BCUT2D eigenvalue weighted by Crippen LogP contribution is -2.58. The van der Waals surface area contributed by atoms with Crippen LogP contribution in [0.2, 0.25) is 0 Å². The maximum atomic E-state index is 14.6. The fraction of sp³-hybridized carbons (Fsp3) is 0.350. The van der Waals surface area contributed by atoms with E-state index in [-0.39, 0.29) is 29.7 Å². The summed E-state index contributed by atoms with van der Waals surface area (Å²) >= 11 is 0. The first-order valence-corrected chi connectivity index (χ1v) is 18.7. The summed E-state index contributed by atoms with van der Waals surface area (Å²) in [6, 6.07) is 12.8. The van der Waals surface area contributed by atoms with Gasteiger partial charge in [-0.05, 0) is 60.7 Å². The van der Waals surface area contributed by atoms with Gasteiger partial charge in [-0.15, -0.1) is 0 Å². The van der Waals surface area contributed by atoms with Crippen molar-refractivity contribution >= 4 is 57.1 Å². The van der Waals surface area contributed by atoms with Crippen LogP contribution >= 0.6 is 0 Å². The number of carbonyl (C=O) groups excluding carboxylic acids is 4. The smallest absolute Gasteiger partial charge is 0.371 e. The first-order chi connectivity index (χ1) is 26.9. The van der Waals surface area contributed by atoms with Crippen LogP contribution in [0.3, 0.4) is 0 Å². The highest BCUT2D eigenvalue weighted by Crippen LogP contribution is 2.40. The average Bonchev–Trinajstić information content (AvgIpc) is 3.62. The van der Waals surface area contributed by atoms with E-state index in [2.05, 4.69) is 25.1 Å². The number of benzene rings is 2. The van der Waals surface area contributed by atoms with E-state index in [1.807, 2.05) is 34.7 Å². The van der Waals surface area contributed by atoms with Crippen molar-refractivity contribution in [3.8, 4) is 11.1 Å². The first kappa shape index (κ1) is 35.7. The highest BCUT2D eigenvalue weighted by Gasteiger charge is 2.43. The molecule has 13 nitrogen and oxygen atoms in total. The summed E-state index contributed by atoms with van der Waals surface area (Å²) in [6.07, 6.45) is 2.08. The number of alkyl halides is 3. The van der Waals surface area contributed by atoms with E-state index < -0.39 is 35.5 Å². The van der Waals surface area contributed by atoms with Crippen molar-refractivity contribution in [2.24, 2.45) is 13.0 Å². The second kappa shape index (κ2) is 13.6. The van der Waals surface area contributed by atoms with Crippen molar-refractivity contribution in [2.75, 3.05) is 62.2 Å². The summed E-state index contributed by atoms with van der Waals surface area (Å²) in [7, 11) is 1.90. The number of pyridine rings is 2. The van der Waals surface area contributed by atoms with E-state index in [1.54, 1.807) is 36.7 Å². The Bertz CT molecular complexity index is 2430. The molecule has 0 bridgehead atoms. The number of halogens is 3. The fourth-order valence-corrected chi connectivity index (χ4v) is 8.58. The Kier molecular flexibility index (Phi) is 8.67. The highest BCUT2D eigenvalue weighted by molar-refractivity contribution is 6.22. The summed E-state index contributed by atoms with van der Waals surface area (Å²) in [5.74, 6) is -0.902. The van der Waals surface area contributed by atoms with Crippen LogP contribution in [0.25, 0.3) is 32.9 Å². The largest absolute Gasteiger partial charge is 0.417 e. The molecule has 5 aromatic rings. The molecule has 9 rings (SSSR count). The Morgan fingerprint density at radius 2 is 1.54 bits per heavy atom. The molecule has 0 unspecified atom stereocenters. The lowest BCUT2D eigenvalue weighted by Gasteiger charge is -2.40. The van der Waals surface area contributed by atoms with Gasteiger partial charge in [0, 0.05) is 105 Å². The van der Waals surface area contributed by atoms with Gasteiger partial charge in [-0.25, -0.2) is 14.8 Å². The molecule has 2 aromatic carbocycles. The number of rotatable bonds is 6. The van der Waals surface area contributed by atoms with Crippen molar-refractivity contribution in [3.05, 3.63) is 83.8 Å². The molecule has 4 aliphatic rings. The van der Waals surface area contributed by atoms with Crippen LogP contribution in [0.1, 0.15) is 45.5 Å². The SMILES string of the molecule is Cn1c2ccncc2c2ccc(-c3cnc(N4CCN(CC5CCN(c6ccc7c(c6)C(=O)N(N6CCC(=O)NC6=O)C7=O)CC5)CC4)cc3C(F)(F)F)cc21. The molecule has 7 heterocycles. The number of hydrazine groups is 1. The molecule has 0 saturated carbocycles. The van der Waals surface area contributed by atoms with Gasteiger partial charge in [0.2, 0.25) is 5.91 Å². The molecule has 288 valence electrons. The highest BCUT2D eigenvalue weighted by atomic mass is 19.4. The van der Waals surface area contributed by atoms with Gasteiger partial charge < -0.3 is 14.4 Å². The Morgan fingerprint density at radius 1 is 0.768 bits per heavy atom. The van der Waals surface area contributed by atoms with Gasteiger partial charge in [0.15, 0.2) is 0 Å². The number of piperazine rings is 1. The Labute approximate surface area is 319 Å². The summed E-state index contributed by atoms with van der Waals surface area (Å²) in [4.78, 5) is 65.5. The van der Waals surface area contributed by atoms with Crippen LogP contribution in [-0.2, 0) is 18.0 Å². The minimum Gasteiger partial charge on any atom is -0.371 e. The third-order valence-electron chi connectivity index (χ3n) is 11.6. The van der Waals surface area contributed by atoms with Crippen molar-refractivity contribution in [2.45, 2.75) is 25.4 Å². The summed E-state index contributed by atoms with van der Waals surface area (Å²) in [6.45, 7) is 4.87. The monoisotopic (exact) mass is 765 g/mol. The molecular formula is C40H38F3N9O4. The number of nitrogens with zero attached hydrogens (tertiary/aromatic N) is 8. The van der Waals surface area contributed by atoms with E-state index in [9.17, 15) is 32.3 Å². The summed E-state index contributed by atoms with van der Waals surface area (Å²) in [5.41, 5.74) is 2.83. The maximum Gasteiger partial charge on any atom is 0.417 e. The number of nitrogens with one attached hydrogen (secondary N) is 1. The first-order valence-electron chi connectivity index (χ1n) is 18.7. The lowest BCUT2D eigenvalue weighted by atomic mass is 9.95. The van der Waals surface area contributed by atoms with Crippen molar-refractivity contribution < 1.29 is 32.3 Å². The maximum absolute atomic E-state index is 14.6. The van der Waals surface area contributed by atoms with Crippen LogP contribution in [0, 0.1) is 5.92 Å². The molecule has 0 aliphatic carbocycles. The number of piperidine rings is 1. The molecule has 4 aliphatic heterocycles. The molecule has 0 radical (unpaired) electrons. The van der Waals surface area contributed by atoms with Gasteiger partial charge in [-0.2, -0.15) is 18.2 Å². The van der Waals surface area contributed by atoms with E-state index in [1.165, 1.54) is 12.3 Å². The molecule has 0 atom stereocenters. The molecule has 56 heavy (non-hydrogen) atoms. The van der Waals surface area contributed by atoms with Crippen LogP contribution < -0.4 is 15.1 Å².